The van der Waals surface area contributed by atoms with Crippen molar-refractivity contribution >= 4 is 5.91 Å². The van der Waals surface area contributed by atoms with Gasteiger partial charge in [-0.05, 0) is 51.8 Å². The SMILES string of the molecule is CCC(=O)N1CCC(NC(C)c2ccc(OC(C)(C)C)cc2)C1. The molecule has 0 spiro atoms. The van der Waals surface area contributed by atoms with Crippen LogP contribution in [0.2, 0.25) is 0 Å². The third-order valence-electron chi connectivity index (χ3n) is 4.13. The van der Waals surface area contributed by atoms with Crippen molar-refractivity contribution in [1.29, 1.82) is 0 Å². The van der Waals surface area contributed by atoms with Crippen molar-refractivity contribution in [1.82, 2.24) is 10.2 Å². The van der Waals surface area contributed by atoms with E-state index in [1.165, 1.54) is 5.56 Å². The average molecular weight is 318 g/mol. The van der Waals surface area contributed by atoms with Crippen molar-refractivity contribution in [2.24, 2.45) is 0 Å². The summed E-state index contributed by atoms with van der Waals surface area (Å²) >= 11 is 0. The second-order valence-corrected chi connectivity index (χ2v) is 7.35. The molecule has 0 saturated carbocycles. The Labute approximate surface area is 140 Å². The molecule has 2 atom stereocenters. The van der Waals surface area contributed by atoms with Gasteiger partial charge in [-0.2, -0.15) is 0 Å². The monoisotopic (exact) mass is 318 g/mol. The van der Waals surface area contributed by atoms with Crippen LogP contribution in [0.1, 0.15) is 59.1 Å². The zero-order valence-electron chi connectivity index (χ0n) is 15.1. The number of nitrogens with one attached hydrogen (secondary N) is 1. The summed E-state index contributed by atoms with van der Waals surface area (Å²) in [6.07, 6.45) is 1.62. The number of rotatable bonds is 5. The van der Waals surface area contributed by atoms with Crippen LogP contribution in [0.25, 0.3) is 0 Å². The lowest BCUT2D eigenvalue weighted by Crippen LogP contribution is -2.36. The van der Waals surface area contributed by atoms with Crippen LogP contribution >= 0.6 is 0 Å². The highest BCUT2D eigenvalue weighted by Crippen LogP contribution is 2.22. The molecule has 0 aromatic heterocycles. The third-order valence-corrected chi connectivity index (χ3v) is 4.13. The molecular formula is C19H30N2O2. The normalized spacial score (nSPS) is 19.7. The summed E-state index contributed by atoms with van der Waals surface area (Å²) in [6.45, 7) is 11.9. The fraction of sp³-hybridized carbons (Fsp3) is 0.632. The minimum atomic E-state index is -0.176. The van der Waals surface area contributed by atoms with E-state index in [0.29, 0.717) is 12.5 Å². The average Bonchev–Trinajstić information content (AvgIpc) is 2.94. The van der Waals surface area contributed by atoms with Gasteiger partial charge in [-0.3, -0.25) is 4.79 Å². The first-order chi connectivity index (χ1) is 10.8. The van der Waals surface area contributed by atoms with Gasteiger partial charge in [0.05, 0.1) is 0 Å². The number of ether oxygens (including phenoxy) is 1. The van der Waals surface area contributed by atoms with E-state index in [1.807, 2.05) is 24.0 Å². The molecule has 1 heterocycles. The molecule has 0 radical (unpaired) electrons. The number of benzene rings is 1. The smallest absolute Gasteiger partial charge is 0.222 e. The topological polar surface area (TPSA) is 41.6 Å². The van der Waals surface area contributed by atoms with Crippen LogP contribution in [-0.4, -0.2) is 35.5 Å². The highest BCUT2D eigenvalue weighted by molar-refractivity contribution is 5.76. The van der Waals surface area contributed by atoms with Crippen molar-refractivity contribution in [2.45, 2.75) is 65.1 Å². The molecule has 0 aliphatic carbocycles. The molecule has 4 nitrogen and oxygen atoms in total. The summed E-state index contributed by atoms with van der Waals surface area (Å²) in [5.41, 5.74) is 1.07. The predicted octanol–water partition coefficient (Wildman–Crippen LogP) is 3.53. The summed E-state index contributed by atoms with van der Waals surface area (Å²) in [7, 11) is 0. The molecule has 1 saturated heterocycles. The van der Waals surface area contributed by atoms with Crippen LogP contribution in [0.15, 0.2) is 24.3 Å². The Bertz CT molecular complexity index is 519. The number of hydrogen-bond acceptors (Lipinski definition) is 3. The highest BCUT2D eigenvalue weighted by atomic mass is 16.5. The van der Waals surface area contributed by atoms with Crippen molar-refractivity contribution < 1.29 is 9.53 Å². The molecule has 2 rings (SSSR count). The molecule has 1 aromatic rings. The number of nitrogens with zero attached hydrogens (tertiary/aromatic N) is 1. The Morgan fingerprint density at radius 2 is 2.00 bits per heavy atom. The molecule has 1 aromatic carbocycles. The van der Waals surface area contributed by atoms with E-state index < -0.39 is 0 Å². The lowest BCUT2D eigenvalue weighted by Gasteiger charge is -2.23. The van der Waals surface area contributed by atoms with Gasteiger partial charge in [0.1, 0.15) is 11.4 Å². The van der Waals surface area contributed by atoms with E-state index in [1.54, 1.807) is 0 Å². The lowest BCUT2D eigenvalue weighted by molar-refractivity contribution is -0.129. The van der Waals surface area contributed by atoms with E-state index in [0.717, 1.165) is 25.3 Å². The molecule has 4 heteroatoms. The Kier molecular flexibility index (Phi) is 5.69. The quantitative estimate of drug-likeness (QED) is 0.903. The van der Waals surface area contributed by atoms with Gasteiger partial charge in [0.15, 0.2) is 0 Å². The van der Waals surface area contributed by atoms with Crippen LogP contribution in [-0.2, 0) is 4.79 Å². The lowest BCUT2D eigenvalue weighted by atomic mass is 10.1. The molecule has 1 N–H and O–H groups in total. The summed E-state index contributed by atoms with van der Waals surface area (Å²) in [4.78, 5) is 13.7. The number of carbonyl (C=O) groups is 1. The fourth-order valence-electron chi connectivity index (χ4n) is 2.97. The van der Waals surface area contributed by atoms with Crippen LogP contribution in [0.5, 0.6) is 5.75 Å². The second kappa shape index (κ2) is 7.35. The maximum atomic E-state index is 11.8. The number of carbonyl (C=O) groups excluding carboxylic acids is 1. The Hall–Kier alpha value is -1.55. The Balaban J connectivity index is 1.89. The van der Waals surface area contributed by atoms with Crippen LogP contribution in [0.3, 0.4) is 0 Å². The van der Waals surface area contributed by atoms with Gasteiger partial charge in [0, 0.05) is 31.6 Å². The van der Waals surface area contributed by atoms with Gasteiger partial charge in [0.2, 0.25) is 5.91 Å². The maximum absolute atomic E-state index is 11.8. The molecule has 1 fully saturated rings. The van der Waals surface area contributed by atoms with Gasteiger partial charge >= 0.3 is 0 Å². The number of likely N-dealkylation sites (tertiary alicyclic amines) is 1. The van der Waals surface area contributed by atoms with Crippen molar-refractivity contribution in [3.63, 3.8) is 0 Å². The van der Waals surface area contributed by atoms with Gasteiger partial charge < -0.3 is 15.0 Å². The molecule has 1 amide bonds. The first-order valence-electron chi connectivity index (χ1n) is 8.61. The molecule has 1 aliphatic rings. The van der Waals surface area contributed by atoms with Crippen molar-refractivity contribution in [3.8, 4) is 5.75 Å². The molecule has 23 heavy (non-hydrogen) atoms. The number of amides is 1. The van der Waals surface area contributed by atoms with Crippen LogP contribution < -0.4 is 10.1 Å². The van der Waals surface area contributed by atoms with Crippen molar-refractivity contribution in [3.05, 3.63) is 29.8 Å². The van der Waals surface area contributed by atoms with E-state index in [2.05, 4.69) is 45.1 Å². The second-order valence-electron chi connectivity index (χ2n) is 7.35. The fourth-order valence-corrected chi connectivity index (χ4v) is 2.97. The van der Waals surface area contributed by atoms with Gasteiger partial charge in [-0.1, -0.05) is 19.1 Å². The van der Waals surface area contributed by atoms with E-state index in [9.17, 15) is 4.79 Å². The van der Waals surface area contributed by atoms with E-state index in [-0.39, 0.29) is 17.6 Å². The summed E-state index contributed by atoms with van der Waals surface area (Å²) in [5, 5.41) is 3.64. The first-order valence-corrected chi connectivity index (χ1v) is 8.61. The molecule has 0 bridgehead atoms. The molecule has 128 valence electrons. The number of hydrogen-bond donors (Lipinski definition) is 1. The summed E-state index contributed by atoms with van der Waals surface area (Å²) < 4.78 is 5.86. The Morgan fingerprint density at radius 1 is 1.35 bits per heavy atom. The zero-order valence-corrected chi connectivity index (χ0v) is 15.1. The molecular weight excluding hydrogens is 288 g/mol. The minimum Gasteiger partial charge on any atom is -0.488 e. The predicted molar refractivity (Wildman–Crippen MR) is 93.6 cm³/mol. The summed E-state index contributed by atoms with van der Waals surface area (Å²) in [6, 6.07) is 8.93. The van der Waals surface area contributed by atoms with E-state index in [4.69, 9.17) is 4.74 Å². The van der Waals surface area contributed by atoms with Crippen molar-refractivity contribution in [2.75, 3.05) is 13.1 Å². The Morgan fingerprint density at radius 3 is 2.57 bits per heavy atom. The standard InChI is InChI=1S/C19H30N2O2/c1-6-18(22)21-12-11-16(13-21)20-14(2)15-7-9-17(10-8-15)23-19(3,4)5/h7-10,14,16,20H,6,11-13H2,1-5H3. The van der Waals surface area contributed by atoms with Gasteiger partial charge in [0.25, 0.3) is 0 Å². The molecule has 2 unspecified atom stereocenters. The third kappa shape index (κ3) is 5.24. The van der Waals surface area contributed by atoms with Crippen LogP contribution in [0, 0.1) is 0 Å². The first kappa shape index (κ1) is 17.8. The molecule has 1 aliphatic heterocycles. The van der Waals surface area contributed by atoms with Gasteiger partial charge in [-0.25, -0.2) is 0 Å². The maximum Gasteiger partial charge on any atom is 0.222 e. The zero-order chi connectivity index (χ0) is 17.0. The van der Waals surface area contributed by atoms with E-state index >= 15 is 0 Å². The van der Waals surface area contributed by atoms with Gasteiger partial charge in [-0.15, -0.1) is 0 Å². The highest BCUT2D eigenvalue weighted by Gasteiger charge is 2.26. The largest absolute Gasteiger partial charge is 0.488 e. The van der Waals surface area contributed by atoms with Crippen LogP contribution in [0.4, 0.5) is 0 Å². The minimum absolute atomic E-state index is 0.176. The summed E-state index contributed by atoms with van der Waals surface area (Å²) in [5.74, 6) is 1.15.